The van der Waals surface area contributed by atoms with Gasteiger partial charge in [-0.3, -0.25) is 4.79 Å². The number of halogens is 2. The molecule has 7 heteroatoms. The van der Waals surface area contributed by atoms with E-state index in [9.17, 15) is 14.0 Å². The van der Waals surface area contributed by atoms with Crippen LogP contribution < -0.4 is 16.0 Å². The van der Waals surface area contributed by atoms with Crippen LogP contribution in [0.4, 0.5) is 26.2 Å². The van der Waals surface area contributed by atoms with Crippen molar-refractivity contribution >= 4 is 40.6 Å². The molecule has 0 aliphatic heterocycles. The van der Waals surface area contributed by atoms with Gasteiger partial charge in [0.15, 0.2) is 0 Å². The zero-order valence-corrected chi connectivity index (χ0v) is 12.4. The van der Waals surface area contributed by atoms with E-state index in [-0.39, 0.29) is 16.4 Å². The predicted octanol–water partition coefficient (Wildman–Crippen LogP) is 3.65. The highest BCUT2D eigenvalue weighted by atomic mass is 35.5. The number of benzene rings is 2. The number of hydrogen-bond donors (Lipinski definition) is 2. The van der Waals surface area contributed by atoms with Gasteiger partial charge in [0.05, 0.1) is 16.4 Å². The Balaban J connectivity index is 2.34. The molecule has 2 aromatic carbocycles. The molecule has 22 heavy (non-hydrogen) atoms. The smallest absolute Gasteiger partial charge is 0.333 e. The minimum atomic E-state index is -0.829. The van der Waals surface area contributed by atoms with E-state index in [1.165, 1.54) is 25.1 Å². The van der Waals surface area contributed by atoms with Gasteiger partial charge in [-0.05, 0) is 30.3 Å². The lowest BCUT2D eigenvalue weighted by Crippen LogP contribution is -2.39. The molecule has 0 unspecified atom stereocenters. The van der Waals surface area contributed by atoms with Crippen LogP contribution in [-0.2, 0) is 4.79 Å². The van der Waals surface area contributed by atoms with Gasteiger partial charge in [-0.25, -0.2) is 14.1 Å². The summed E-state index contributed by atoms with van der Waals surface area (Å²) in [5.74, 6) is -1.24. The Morgan fingerprint density at radius 3 is 2.50 bits per heavy atom. The van der Waals surface area contributed by atoms with Gasteiger partial charge in [0.1, 0.15) is 5.82 Å². The van der Waals surface area contributed by atoms with Crippen LogP contribution in [0.2, 0.25) is 5.02 Å². The van der Waals surface area contributed by atoms with Crippen LogP contribution in [0.1, 0.15) is 6.92 Å². The van der Waals surface area contributed by atoms with Crippen molar-refractivity contribution in [2.45, 2.75) is 6.92 Å². The molecule has 114 valence electrons. The zero-order valence-electron chi connectivity index (χ0n) is 11.6. The molecule has 2 aromatic rings. The Kier molecular flexibility index (Phi) is 4.62. The minimum Gasteiger partial charge on any atom is -0.399 e. The van der Waals surface area contributed by atoms with Gasteiger partial charge < -0.3 is 11.1 Å². The van der Waals surface area contributed by atoms with Crippen LogP contribution in [0.5, 0.6) is 0 Å². The monoisotopic (exact) mass is 321 g/mol. The molecule has 5 nitrogen and oxygen atoms in total. The number of nitrogens with one attached hydrogen (secondary N) is 1. The summed E-state index contributed by atoms with van der Waals surface area (Å²) < 4.78 is 13.7. The van der Waals surface area contributed by atoms with Gasteiger partial charge in [-0.1, -0.05) is 23.7 Å². The average Bonchev–Trinajstić information content (AvgIpc) is 2.43. The van der Waals surface area contributed by atoms with E-state index in [1.54, 1.807) is 18.2 Å². The van der Waals surface area contributed by atoms with Crippen LogP contribution >= 0.6 is 11.6 Å². The Hall–Kier alpha value is -2.60. The third-order valence-electron chi connectivity index (χ3n) is 2.84. The minimum absolute atomic E-state index is 0.0319. The van der Waals surface area contributed by atoms with Crippen molar-refractivity contribution in [3.8, 4) is 0 Å². The fraction of sp³-hybridized carbons (Fsp3) is 0.0667. The number of carbonyl (C=O) groups excluding carboxylic acids is 2. The molecule has 0 atom stereocenters. The maximum absolute atomic E-state index is 13.7. The average molecular weight is 322 g/mol. The molecule has 0 heterocycles. The summed E-state index contributed by atoms with van der Waals surface area (Å²) in [7, 11) is 0. The van der Waals surface area contributed by atoms with Gasteiger partial charge in [-0.2, -0.15) is 0 Å². The first-order valence-corrected chi connectivity index (χ1v) is 6.69. The van der Waals surface area contributed by atoms with Gasteiger partial charge in [-0.15, -0.1) is 0 Å². The first kappa shape index (κ1) is 15.8. The Morgan fingerprint density at radius 2 is 1.91 bits per heavy atom. The number of anilines is 3. The van der Waals surface area contributed by atoms with Crippen molar-refractivity contribution < 1.29 is 14.0 Å². The van der Waals surface area contributed by atoms with Crippen molar-refractivity contribution in [1.82, 2.24) is 0 Å². The molecule has 2 rings (SSSR count). The largest absolute Gasteiger partial charge is 0.399 e. The summed E-state index contributed by atoms with van der Waals surface area (Å²) >= 11 is 5.85. The third-order valence-corrected chi connectivity index (χ3v) is 3.16. The molecule has 0 bridgehead atoms. The summed E-state index contributed by atoms with van der Waals surface area (Å²) in [5, 5.41) is 2.33. The lowest BCUT2D eigenvalue weighted by atomic mass is 10.2. The fourth-order valence-electron chi connectivity index (χ4n) is 1.89. The number of urea groups is 1. The number of nitrogen functional groups attached to an aromatic ring is 1. The molecule has 0 aliphatic carbocycles. The number of rotatable bonds is 2. The van der Waals surface area contributed by atoms with E-state index in [0.29, 0.717) is 5.69 Å². The van der Waals surface area contributed by atoms with Crippen LogP contribution in [0, 0.1) is 5.82 Å². The Labute approximate surface area is 131 Å². The number of amides is 3. The Bertz CT molecular complexity index is 716. The van der Waals surface area contributed by atoms with Gasteiger partial charge in [0.2, 0.25) is 5.91 Å². The van der Waals surface area contributed by atoms with Crippen LogP contribution in [0.3, 0.4) is 0 Å². The van der Waals surface area contributed by atoms with Crippen molar-refractivity contribution in [1.29, 1.82) is 0 Å². The number of hydrogen-bond acceptors (Lipinski definition) is 3. The zero-order chi connectivity index (χ0) is 16.3. The molecule has 0 radical (unpaired) electrons. The molecule has 3 amide bonds. The predicted molar refractivity (Wildman–Crippen MR) is 84.4 cm³/mol. The van der Waals surface area contributed by atoms with E-state index < -0.39 is 17.8 Å². The summed E-state index contributed by atoms with van der Waals surface area (Å²) in [6, 6.07) is 9.39. The summed E-state index contributed by atoms with van der Waals surface area (Å²) in [4.78, 5) is 24.9. The lowest BCUT2D eigenvalue weighted by molar-refractivity contribution is -0.115. The maximum Gasteiger partial charge on any atom is 0.333 e. The van der Waals surface area contributed by atoms with Crippen molar-refractivity contribution in [3.63, 3.8) is 0 Å². The molecule has 0 saturated carbocycles. The van der Waals surface area contributed by atoms with E-state index in [0.717, 1.165) is 11.0 Å². The number of imide groups is 1. The highest BCUT2D eigenvalue weighted by molar-refractivity contribution is 6.34. The van der Waals surface area contributed by atoms with Crippen molar-refractivity contribution in [2.24, 2.45) is 0 Å². The highest BCUT2D eigenvalue weighted by Gasteiger charge is 2.22. The highest BCUT2D eigenvalue weighted by Crippen LogP contribution is 2.26. The molecule has 0 fully saturated rings. The molecule has 0 aliphatic rings. The van der Waals surface area contributed by atoms with E-state index in [2.05, 4.69) is 5.32 Å². The fourth-order valence-corrected chi connectivity index (χ4v) is 2.10. The van der Waals surface area contributed by atoms with E-state index in [4.69, 9.17) is 17.3 Å². The summed E-state index contributed by atoms with van der Waals surface area (Å²) in [6.07, 6.45) is 0. The topological polar surface area (TPSA) is 75.4 Å². The first-order valence-electron chi connectivity index (χ1n) is 6.31. The third kappa shape index (κ3) is 3.35. The van der Waals surface area contributed by atoms with Gasteiger partial charge in [0.25, 0.3) is 0 Å². The molecule has 0 spiro atoms. The first-order chi connectivity index (χ1) is 10.4. The standard InChI is InChI=1S/C15H13ClFN3O2/c1-9(21)20(11-5-2-4-10(18)8-11)15(22)19-14-12(16)6-3-7-13(14)17/h2-8H,18H2,1H3,(H,19,22). The lowest BCUT2D eigenvalue weighted by Gasteiger charge is -2.20. The second-order valence-corrected chi connectivity index (χ2v) is 4.88. The van der Waals surface area contributed by atoms with Crippen LogP contribution in [0.15, 0.2) is 42.5 Å². The number of para-hydroxylation sites is 1. The van der Waals surface area contributed by atoms with Crippen molar-refractivity contribution in [2.75, 3.05) is 16.0 Å². The molecule has 0 saturated heterocycles. The van der Waals surface area contributed by atoms with Crippen molar-refractivity contribution in [3.05, 3.63) is 53.3 Å². The SMILES string of the molecule is CC(=O)N(C(=O)Nc1c(F)cccc1Cl)c1cccc(N)c1. The maximum atomic E-state index is 13.7. The van der Waals surface area contributed by atoms with Gasteiger partial charge in [0, 0.05) is 12.6 Å². The molecular formula is C15H13ClFN3O2. The quantitative estimate of drug-likeness (QED) is 0.829. The number of nitrogens with zero attached hydrogens (tertiary/aromatic N) is 1. The second kappa shape index (κ2) is 6.44. The Morgan fingerprint density at radius 1 is 1.23 bits per heavy atom. The number of nitrogens with two attached hydrogens (primary N) is 1. The van der Waals surface area contributed by atoms with Gasteiger partial charge >= 0.3 is 6.03 Å². The van der Waals surface area contributed by atoms with Crippen LogP contribution in [0.25, 0.3) is 0 Å². The molecule has 3 N–H and O–H groups in total. The second-order valence-electron chi connectivity index (χ2n) is 4.48. The normalized spacial score (nSPS) is 10.1. The summed E-state index contributed by atoms with van der Waals surface area (Å²) in [5.41, 5.74) is 6.12. The number of carbonyl (C=O) groups is 2. The summed E-state index contributed by atoms with van der Waals surface area (Å²) in [6.45, 7) is 1.21. The van der Waals surface area contributed by atoms with E-state index in [1.807, 2.05) is 0 Å². The molecular weight excluding hydrogens is 309 g/mol. The molecule has 0 aromatic heterocycles. The van der Waals surface area contributed by atoms with E-state index >= 15 is 0 Å². The van der Waals surface area contributed by atoms with Crippen LogP contribution in [-0.4, -0.2) is 11.9 Å².